The van der Waals surface area contributed by atoms with E-state index < -0.39 is 0 Å². The molecule has 0 spiro atoms. The Balaban J connectivity index is 2.22. The topological polar surface area (TPSA) is 27.7 Å². The SMILES string of the molecule is C=CCc1ccc(O/C=C(/OC)c2ccccc2)c(OC)c1. The Bertz CT molecular complexity index is 645. The van der Waals surface area contributed by atoms with Gasteiger partial charge in [-0.05, 0) is 24.1 Å². The molecule has 0 N–H and O–H groups in total. The maximum atomic E-state index is 5.73. The third-order valence-corrected chi connectivity index (χ3v) is 3.18. The molecule has 0 amide bonds. The second-order valence-electron chi connectivity index (χ2n) is 4.65. The van der Waals surface area contributed by atoms with Crippen molar-refractivity contribution in [3.63, 3.8) is 0 Å². The fourth-order valence-corrected chi connectivity index (χ4v) is 2.06. The van der Waals surface area contributed by atoms with Crippen molar-refractivity contribution in [2.75, 3.05) is 14.2 Å². The molecule has 114 valence electrons. The summed E-state index contributed by atoms with van der Waals surface area (Å²) in [5.41, 5.74) is 2.07. The Morgan fingerprint density at radius 3 is 2.45 bits per heavy atom. The van der Waals surface area contributed by atoms with Crippen LogP contribution >= 0.6 is 0 Å². The van der Waals surface area contributed by atoms with Crippen molar-refractivity contribution in [1.82, 2.24) is 0 Å². The van der Waals surface area contributed by atoms with Crippen molar-refractivity contribution >= 4 is 5.76 Å². The van der Waals surface area contributed by atoms with E-state index in [1.54, 1.807) is 20.5 Å². The minimum absolute atomic E-state index is 0.640. The second kappa shape index (κ2) is 7.93. The molecule has 0 unspecified atom stereocenters. The molecule has 2 aromatic carbocycles. The average molecular weight is 296 g/mol. The van der Waals surface area contributed by atoms with Crippen LogP contribution < -0.4 is 9.47 Å². The summed E-state index contributed by atoms with van der Waals surface area (Å²) < 4.78 is 16.5. The van der Waals surface area contributed by atoms with E-state index >= 15 is 0 Å². The lowest BCUT2D eigenvalue weighted by molar-refractivity contribution is 0.342. The summed E-state index contributed by atoms with van der Waals surface area (Å²) in [4.78, 5) is 0. The molecule has 0 bridgehead atoms. The van der Waals surface area contributed by atoms with Gasteiger partial charge in [0.2, 0.25) is 0 Å². The Morgan fingerprint density at radius 2 is 1.82 bits per heavy atom. The molecule has 3 heteroatoms. The molecule has 0 aromatic heterocycles. The number of ether oxygens (including phenoxy) is 3. The number of benzene rings is 2. The summed E-state index contributed by atoms with van der Waals surface area (Å²) in [6, 6.07) is 15.6. The molecule has 0 aliphatic heterocycles. The van der Waals surface area contributed by atoms with Crippen LogP contribution in [-0.2, 0) is 11.2 Å². The fourth-order valence-electron chi connectivity index (χ4n) is 2.06. The maximum Gasteiger partial charge on any atom is 0.168 e. The Morgan fingerprint density at radius 1 is 1.05 bits per heavy atom. The van der Waals surface area contributed by atoms with Crippen LogP contribution in [0, 0.1) is 0 Å². The summed E-state index contributed by atoms with van der Waals surface area (Å²) in [6.45, 7) is 3.74. The monoisotopic (exact) mass is 296 g/mol. The minimum Gasteiger partial charge on any atom is -0.493 e. The number of hydrogen-bond donors (Lipinski definition) is 0. The van der Waals surface area contributed by atoms with Gasteiger partial charge in [0.15, 0.2) is 17.3 Å². The standard InChI is InChI=1S/C19H20O3/c1-4-8-15-11-12-17(18(13-15)20-2)22-14-19(21-3)16-9-6-5-7-10-16/h4-7,9-14H,1,8H2,2-3H3/b19-14+. The highest BCUT2D eigenvalue weighted by Gasteiger charge is 2.06. The lowest BCUT2D eigenvalue weighted by atomic mass is 10.1. The number of allylic oxidation sites excluding steroid dienone is 1. The first kappa shape index (κ1) is 15.7. The first-order chi connectivity index (χ1) is 10.8. The van der Waals surface area contributed by atoms with E-state index in [1.807, 2.05) is 54.6 Å². The molecule has 0 saturated heterocycles. The van der Waals surface area contributed by atoms with E-state index in [0.29, 0.717) is 17.3 Å². The summed E-state index contributed by atoms with van der Waals surface area (Å²) in [5.74, 6) is 1.97. The molecule has 0 radical (unpaired) electrons. The minimum atomic E-state index is 0.640. The fraction of sp³-hybridized carbons (Fsp3) is 0.158. The van der Waals surface area contributed by atoms with Gasteiger partial charge in [-0.1, -0.05) is 42.5 Å². The quantitative estimate of drug-likeness (QED) is 0.558. The smallest absolute Gasteiger partial charge is 0.168 e. The second-order valence-corrected chi connectivity index (χ2v) is 4.65. The molecule has 0 fully saturated rings. The Labute approximate surface area is 131 Å². The highest BCUT2D eigenvalue weighted by molar-refractivity contribution is 5.59. The van der Waals surface area contributed by atoms with Crippen molar-refractivity contribution in [3.05, 3.63) is 78.6 Å². The van der Waals surface area contributed by atoms with Crippen molar-refractivity contribution in [3.8, 4) is 11.5 Å². The third kappa shape index (κ3) is 3.92. The molecule has 2 aromatic rings. The zero-order chi connectivity index (χ0) is 15.8. The molecule has 2 rings (SSSR count). The first-order valence-corrected chi connectivity index (χ1v) is 7.02. The highest BCUT2D eigenvalue weighted by atomic mass is 16.5. The van der Waals surface area contributed by atoms with E-state index in [4.69, 9.17) is 14.2 Å². The Hall–Kier alpha value is -2.68. The normalized spacial score (nSPS) is 10.9. The predicted molar refractivity (Wildman–Crippen MR) is 89.0 cm³/mol. The third-order valence-electron chi connectivity index (χ3n) is 3.18. The van der Waals surface area contributed by atoms with Crippen LogP contribution in [0.4, 0.5) is 0 Å². The van der Waals surface area contributed by atoms with Gasteiger partial charge in [0.1, 0.15) is 6.26 Å². The van der Waals surface area contributed by atoms with Crippen LogP contribution in [0.2, 0.25) is 0 Å². The van der Waals surface area contributed by atoms with Gasteiger partial charge in [-0.3, -0.25) is 0 Å². The molecule has 0 saturated carbocycles. The van der Waals surface area contributed by atoms with Gasteiger partial charge in [-0.25, -0.2) is 0 Å². The van der Waals surface area contributed by atoms with Gasteiger partial charge in [-0.2, -0.15) is 0 Å². The van der Waals surface area contributed by atoms with Gasteiger partial charge in [0.25, 0.3) is 0 Å². The summed E-state index contributed by atoms with van der Waals surface area (Å²) in [7, 11) is 3.24. The molecular formula is C19H20O3. The summed E-state index contributed by atoms with van der Waals surface area (Å²) >= 11 is 0. The summed E-state index contributed by atoms with van der Waals surface area (Å²) in [6.07, 6.45) is 4.23. The molecule has 0 atom stereocenters. The van der Waals surface area contributed by atoms with Crippen molar-refractivity contribution in [2.45, 2.75) is 6.42 Å². The van der Waals surface area contributed by atoms with Crippen molar-refractivity contribution in [1.29, 1.82) is 0 Å². The van der Waals surface area contributed by atoms with Crippen LogP contribution in [-0.4, -0.2) is 14.2 Å². The van der Waals surface area contributed by atoms with Crippen LogP contribution in [0.15, 0.2) is 67.4 Å². The number of rotatable bonds is 7. The first-order valence-electron chi connectivity index (χ1n) is 7.02. The van der Waals surface area contributed by atoms with Gasteiger partial charge >= 0.3 is 0 Å². The van der Waals surface area contributed by atoms with E-state index in [2.05, 4.69) is 6.58 Å². The maximum absolute atomic E-state index is 5.73. The van der Waals surface area contributed by atoms with Gasteiger partial charge in [-0.15, -0.1) is 6.58 Å². The highest BCUT2D eigenvalue weighted by Crippen LogP contribution is 2.29. The van der Waals surface area contributed by atoms with E-state index in [1.165, 1.54) is 0 Å². The Kier molecular flexibility index (Phi) is 5.66. The van der Waals surface area contributed by atoms with Crippen LogP contribution in [0.1, 0.15) is 11.1 Å². The zero-order valence-electron chi connectivity index (χ0n) is 12.9. The predicted octanol–water partition coefficient (Wildman–Crippen LogP) is 4.45. The lowest BCUT2D eigenvalue weighted by Crippen LogP contribution is -1.95. The number of hydrogen-bond acceptors (Lipinski definition) is 3. The van der Waals surface area contributed by atoms with E-state index in [9.17, 15) is 0 Å². The molecule has 22 heavy (non-hydrogen) atoms. The zero-order valence-corrected chi connectivity index (χ0v) is 12.9. The van der Waals surface area contributed by atoms with Crippen molar-refractivity contribution in [2.24, 2.45) is 0 Å². The lowest BCUT2D eigenvalue weighted by Gasteiger charge is -2.11. The summed E-state index contributed by atoms with van der Waals surface area (Å²) in [5, 5.41) is 0. The van der Waals surface area contributed by atoms with Crippen LogP contribution in [0.25, 0.3) is 5.76 Å². The van der Waals surface area contributed by atoms with E-state index in [0.717, 1.165) is 17.5 Å². The van der Waals surface area contributed by atoms with E-state index in [-0.39, 0.29) is 0 Å². The van der Waals surface area contributed by atoms with Gasteiger partial charge < -0.3 is 14.2 Å². The number of methoxy groups -OCH3 is 2. The molecule has 0 heterocycles. The van der Waals surface area contributed by atoms with Crippen LogP contribution in [0.3, 0.4) is 0 Å². The molecular weight excluding hydrogens is 276 g/mol. The van der Waals surface area contributed by atoms with Crippen molar-refractivity contribution < 1.29 is 14.2 Å². The van der Waals surface area contributed by atoms with Crippen LogP contribution in [0.5, 0.6) is 11.5 Å². The molecule has 3 nitrogen and oxygen atoms in total. The molecule has 0 aliphatic carbocycles. The largest absolute Gasteiger partial charge is 0.493 e. The van der Waals surface area contributed by atoms with Gasteiger partial charge in [0, 0.05) is 5.56 Å². The molecule has 0 aliphatic rings. The average Bonchev–Trinajstić information content (AvgIpc) is 2.57. The van der Waals surface area contributed by atoms with Gasteiger partial charge in [0.05, 0.1) is 14.2 Å².